The molecule has 0 saturated carbocycles. The van der Waals surface area contributed by atoms with Crippen LogP contribution in [0.15, 0.2) is 35.2 Å². The van der Waals surface area contributed by atoms with E-state index in [2.05, 4.69) is 47.5 Å². The summed E-state index contributed by atoms with van der Waals surface area (Å²) in [6.07, 6.45) is 2.73. The van der Waals surface area contributed by atoms with Gasteiger partial charge in [0.2, 0.25) is 0 Å². The highest BCUT2D eigenvalue weighted by molar-refractivity contribution is 7.99. The van der Waals surface area contributed by atoms with Crippen LogP contribution in [-0.2, 0) is 0 Å². The fourth-order valence-electron chi connectivity index (χ4n) is 2.53. The summed E-state index contributed by atoms with van der Waals surface area (Å²) in [6, 6.07) is 11.5. The maximum Gasteiger partial charge on any atom is 0.0221 e. The van der Waals surface area contributed by atoms with E-state index in [1.807, 2.05) is 11.8 Å². The van der Waals surface area contributed by atoms with Crippen LogP contribution >= 0.6 is 11.8 Å². The van der Waals surface area contributed by atoms with Crippen LogP contribution in [0.3, 0.4) is 0 Å². The van der Waals surface area contributed by atoms with Gasteiger partial charge >= 0.3 is 0 Å². The van der Waals surface area contributed by atoms with Gasteiger partial charge in [-0.3, -0.25) is 4.90 Å². The quantitative estimate of drug-likeness (QED) is 0.762. The first-order chi connectivity index (χ1) is 8.90. The van der Waals surface area contributed by atoms with Crippen molar-refractivity contribution in [2.45, 2.75) is 30.7 Å². The van der Waals surface area contributed by atoms with E-state index >= 15 is 0 Å². The van der Waals surface area contributed by atoms with E-state index in [1.165, 1.54) is 36.6 Å². The molecule has 1 atom stereocenters. The molecule has 1 aromatic carbocycles. The first-order valence-corrected chi connectivity index (χ1v) is 8.01. The zero-order chi connectivity index (χ0) is 12.6. The van der Waals surface area contributed by atoms with Gasteiger partial charge in [0, 0.05) is 29.8 Å². The van der Waals surface area contributed by atoms with E-state index in [9.17, 15) is 0 Å². The highest BCUT2D eigenvalue weighted by Gasteiger charge is 2.23. The van der Waals surface area contributed by atoms with Crippen molar-refractivity contribution in [1.82, 2.24) is 10.2 Å². The summed E-state index contributed by atoms with van der Waals surface area (Å²) < 4.78 is 0. The van der Waals surface area contributed by atoms with E-state index in [4.69, 9.17) is 0 Å². The van der Waals surface area contributed by atoms with Crippen molar-refractivity contribution in [2.24, 2.45) is 0 Å². The third kappa shape index (κ3) is 4.30. The van der Waals surface area contributed by atoms with Gasteiger partial charge < -0.3 is 5.32 Å². The van der Waals surface area contributed by atoms with Crippen molar-refractivity contribution < 1.29 is 0 Å². The monoisotopic (exact) mass is 264 g/mol. The van der Waals surface area contributed by atoms with Gasteiger partial charge in [-0.25, -0.2) is 0 Å². The SMILES string of the molecule is CCNCC1CCCN1CCSc1ccccc1. The van der Waals surface area contributed by atoms with Gasteiger partial charge in [-0.2, -0.15) is 0 Å². The van der Waals surface area contributed by atoms with Crippen molar-refractivity contribution in [3.05, 3.63) is 30.3 Å². The molecule has 1 saturated heterocycles. The predicted molar refractivity (Wildman–Crippen MR) is 80.3 cm³/mol. The molecule has 0 aromatic heterocycles. The number of likely N-dealkylation sites (tertiary alicyclic amines) is 1. The molecule has 2 rings (SSSR count). The van der Waals surface area contributed by atoms with Crippen LogP contribution in [0.1, 0.15) is 19.8 Å². The summed E-state index contributed by atoms with van der Waals surface area (Å²) in [5.41, 5.74) is 0. The summed E-state index contributed by atoms with van der Waals surface area (Å²) in [6.45, 7) is 6.93. The number of benzene rings is 1. The topological polar surface area (TPSA) is 15.3 Å². The van der Waals surface area contributed by atoms with Crippen LogP contribution in [0.25, 0.3) is 0 Å². The second-order valence-corrected chi connectivity index (χ2v) is 5.97. The molecule has 1 aromatic rings. The molecule has 3 heteroatoms. The van der Waals surface area contributed by atoms with Crippen molar-refractivity contribution in [3.63, 3.8) is 0 Å². The molecule has 0 spiro atoms. The number of rotatable bonds is 7. The average molecular weight is 264 g/mol. The molecule has 100 valence electrons. The first-order valence-electron chi connectivity index (χ1n) is 7.02. The van der Waals surface area contributed by atoms with Gasteiger partial charge in [-0.1, -0.05) is 25.1 Å². The van der Waals surface area contributed by atoms with E-state index in [-0.39, 0.29) is 0 Å². The summed E-state index contributed by atoms with van der Waals surface area (Å²) in [4.78, 5) is 4.04. The van der Waals surface area contributed by atoms with E-state index in [0.717, 1.165) is 19.1 Å². The number of thioether (sulfide) groups is 1. The predicted octanol–water partition coefficient (Wildman–Crippen LogP) is 2.85. The first kappa shape index (κ1) is 13.9. The molecule has 1 N–H and O–H groups in total. The fraction of sp³-hybridized carbons (Fsp3) is 0.600. The molecule has 18 heavy (non-hydrogen) atoms. The average Bonchev–Trinajstić information content (AvgIpc) is 2.85. The van der Waals surface area contributed by atoms with Crippen LogP contribution in [0.2, 0.25) is 0 Å². The Balaban J connectivity index is 1.69. The molecule has 0 bridgehead atoms. The lowest BCUT2D eigenvalue weighted by atomic mass is 10.2. The Morgan fingerprint density at radius 2 is 2.17 bits per heavy atom. The Kier molecular flexibility index (Phi) is 6.05. The number of hydrogen-bond donors (Lipinski definition) is 1. The molecular formula is C15H24N2S. The van der Waals surface area contributed by atoms with Gasteiger partial charge in [0.25, 0.3) is 0 Å². The zero-order valence-electron chi connectivity index (χ0n) is 11.3. The van der Waals surface area contributed by atoms with E-state index < -0.39 is 0 Å². The van der Waals surface area contributed by atoms with E-state index in [0.29, 0.717) is 0 Å². The van der Waals surface area contributed by atoms with Crippen LogP contribution in [0, 0.1) is 0 Å². The Labute approximate surface area is 115 Å². The fourth-order valence-corrected chi connectivity index (χ4v) is 3.44. The second-order valence-electron chi connectivity index (χ2n) is 4.80. The molecule has 0 aliphatic carbocycles. The third-order valence-corrected chi connectivity index (χ3v) is 4.51. The van der Waals surface area contributed by atoms with Gasteiger partial charge in [-0.05, 0) is 38.1 Å². The minimum atomic E-state index is 0.765. The minimum absolute atomic E-state index is 0.765. The van der Waals surface area contributed by atoms with Crippen LogP contribution in [0.4, 0.5) is 0 Å². The van der Waals surface area contributed by atoms with Crippen molar-refractivity contribution >= 4 is 11.8 Å². The van der Waals surface area contributed by atoms with Crippen LogP contribution in [0.5, 0.6) is 0 Å². The normalized spacial score (nSPS) is 20.4. The number of hydrogen-bond acceptors (Lipinski definition) is 3. The highest BCUT2D eigenvalue weighted by atomic mass is 32.2. The molecule has 1 aliphatic heterocycles. The van der Waals surface area contributed by atoms with Crippen LogP contribution < -0.4 is 5.32 Å². The Morgan fingerprint density at radius 1 is 1.33 bits per heavy atom. The standard InChI is InChI=1S/C15H24N2S/c1-2-16-13-14-7-6-10-17(14)11-12-18-15-8-4-3-5-9-15/h3-5,8-9,14,16H,2,6-7,10-13H2,1H3. The molecule has 1 fully saturated rings. The van der Waals surface area contributed by atoms with Gasteiger partial charge in [-0.15, -0.1) is 11.8 Å². The molecule has 1 heterocycles. The molecule has 2 nitrogen and oxygen atoms in total. The third-order valence-electron chi connectivity index (χ3n) is 3.52. The minimum Gasteiger partial charge on any atom is -0.315 e. The van der Waals surface area contributed by atoms with Crippen molar-refractivity contribution in [2.75, 3.05) is 31.9 Å². The Morgan fingerprint density at radius 3 is 2.94 bits per heavy atom. The molecule has 0 radical (unpaired) electrons. The Bertz CT molecular complexity index is 329. The van der Waals surface area contributed by atoms with Gasteiger partial charge in [0.05, 0.1) is 0 Å². The smallest absolute Gasteiger partial charge is 0.0221 e. The van der Waals surface area contributed by atoms with E-state index in [1.54, 1.807) is 0 Å². The van der Waals surface area contributed by atoms with Crippen LogP contribution in [-0.4, -0.2) is 42.9 Å². The lowest BCUT2D eigenvalue weighted by molar-refractivity contribution is 0.263. The lowest BCUT2D eigenvalue weighted by Crippen LogP contribution is -2.39. The molecule has 1 unspecified atom stereocenters. The van der Waals surface area contributed by atoms with Crippen molar-refractivity contribution in [1.29, 1.82) is 0 Å². The Hall–Kier alpha value is -0.510. The summed E-state index contributed by atoms with van der Waals surface area (Å²) >= 11 is 1.97. The number of nitrogens with zero attached hydrogens (tertiary/aromatic N) is 1. The van der Waals surface area contributed by atoms with Gasteiger partial charge in [0.1, 0.15) is 0 Å². The summed E-state index contributed by atoms with van der Waals surface area (Å²) in [5.74, 6) is 1.20. The lowest BCUT2D eigenvalue weighted by Gasteiger charge is -2.24. The maximum atomic E-state index is 3.48. The van der Waals surface area contributed by atoms with Gasteiger partial charge in [0.15, 0.2) is 0 Å². The highest BCUT2D eigenvalue weighted by Crippen LogP contribution is 2.20. The summed E-state index contributed by atoms with van der Waals surface area (Å²) in [7, 11) is 0. The number of nitrogens with one attached hydrogen (secondary N) is 1. The second kappa shape index (κ2) is 7.82. The zero-order valence-corrected chi connectivity index (χ0v) is 12.1. The van der Waals surface area contributed by atoms with Crippen molar-refractivity contribution in [3.8, 4) is 0 Å². The molecule has 1 aliphatic rings. The largest absolute Gasteiger partial charge is 0.315 e. The summed E-state index contributed by atoms with van der Waals surface area (Å²) in [5, 5.41) is 3.48. The molecule has 0 amide bonds. The maximum absolute atomic E-state index is 3.48. The molecular weight excluding hydrogens is 240 g/mol. The number of likely N-dealkylation sites (N-methyl/N-ethyl adjacent to an activating group) is 1.